The molecule has 318 valence electrons. The number of halogens is 2. The molecule has 1 fully saturated rings. The standard InChI is InChI=1S/C23H50NO4Si.C18H36.C3H8.2ClH/c1-8-12-13-14-15-16-17-18-19-20-21-24(6,7)25-22-23(5)29(26-9-2,27-10-3)28-11-4;1-2-3-4-5-6-7-8-9-10-11-12-13-14-15-18-16-17-18;1-3-2;;/h20-21,23H,8-19,22H2,1-7H3;18H,2-17H2,1H3;3H2,1-2H3;2*1H/q+1;;;;. The normalized spacial score (nSPS) is 13.4. The van der Waals surface area contributed by atoms with Crippen molar-refractivity contribution < 1.29 is 22.8 Å². The van der Waals surface area contributed by atoms with Crippen LogP contribution in [0, 0.1) is 5.92 Å². The van der Waals surface area contributed by atoms with Crippen LogP contribution >= 0.6 is 24.8 Å². The van der Waals surface area contributed by atoms with Crippen LogP contribution in [-0.4, -0.2) is 54.0 Å². The summed E-state index contributed by atoms with van der Waals surface area (Å²) in [5, 5.41) is 0. The average Bonchev–Trinajstić information content (AvgIpc) is 3.92. The predicted molar refractivity (Wildman–Crippen MR) is 238 cm³/mol. The van der Waals surface area contributed by atoms with Gasteiger partial charge < -0.3 is 13.3 Å². The fourth-order valence-electron chi connectivity index (χ4n) is 6.19. The van der Waals surface area contributed by atoms with E-state index in [9.17, 15) is 0 Å². The maximum Gasteiger partial charge on any atom is 0.506 e. The lowest BCUT2D eigenvalue weighted by Gasteiger charge is -2.34. The first kappa shape index (κ1) is 59.0. The lowest BCUT2D eigenvalue weighted by Crippen LogP contribution is -2.51. The molecule has 0 heterocycles. The maximum atomic E-state index is 6.16. The molecule has 0 amide bonds. The van der Waals surface area contributed by atoms with E-state index in [1.165, 1.54) is 161 Å². The van der Waals surface area contributed by atoms with Crippen molar-refractivity contribution in [2.75, 3.05) is 40.5 Å². The fourth-order valence-corrected chi connectivity index (χ4v) is 8.78. The second-order valence-corrected chi connectivity index (χ2v) is 18.4. The molecule has 0 saturated heterocycles. The Morgan fingerprint density at radius 1 is 0.558 bits per heavy atom. The van der Waals surface area contributed by atoms with E-state index in [0.29, 0.717) is 31.1 Å². The van der Waals surface area contributed by atoms with E-state index in [1.54, 1.807) is 0 Å². The number of rotatable bonds is 34. The van der Waals surface area contributed by atoms with Gasteiger partial charge >= 0.3 is 8.80 Å². The SMILES string of the molecule is CCC.CCCCCCCCCCC=C[N+](C)(C)OCC(C)[Si](OCC)(OCC)OCC.CCCCCCCCCCCCCCCC1CC1.Cl.Cl. The van der Waals surface area contributed by atoms with Crippen LogP contribution in [0.3, 0.4) is 0 Å². The molecule has 0 N–H and O–H groups in total. The molecule has 1 aliphatic rings. The summed E-state index contributed by atoms with van der Waals surface area (Å²) in [5.41, 5.74) is 0.0841. The zero-order valence-corrected chi connectivity index (χ0v) is 39.6. The maximum absolute atomic E-state index is 6.16. The van der Waals surface area contributed by atoms with Crippen molar-refractivity contribution in [1.82, 2.24) is 0 Å². The van der Waals surface area contributed by atoms with Gasteiger partial charge in [0.15, 0.2) is 0 Å². The predicted octanol–water partition coefficient (Wildman–Crippen LogP) is 15.6. The second kappa shape index (κ2) is 44.1. The minimum atomic E-state index is -2.72. The van der Waals surface area contributed by atoms with Gasteiger partial charge in [0.2, 0.25) is 0 Å². The zero-order valence-electron chi connectivity index (χ0n) is 36.9. The van der Waals surface area contributed by atoms with E-state index in [2.05, 4.69) is 61.0 Å². The topological polar surface area (TPSA) is 36.9 Å². The van der Waals surface area contributed by atoms with Gasteiger partial charge in [-0.3, -0.25) is 0 Å². The van der Waals surface area contributed by atoms with Crippen LogP contribution in [0.15, 0.2) is 12.3 Å². The lowest BCUT2D eigenvalue weighted by molar-refractivity contribution is -1.04. The van der Waals surface area contributed by atoms with Crippen molar-refractivity contribution in [1.29, 1.82) is 0 Å². The molecule has 52 heavy (non-hydrogen) atoms. The van der Waals surface area contributed by atoms with Crippen LogP contribution < -0.4 is 0 Å². The number of allylic oxidation sites excluding steroid dienone is 1. The van der Waals surface area contributed by atoms with Gasteiger partial charge in [-0.2, -0.15) is 9.48 Å². The summed E-state index contributed by atoms with van der Waals surface area (Å²) in [6.07, 6.45) is 41.5. The summed E-state index contributed by atoms with van der Waals surface area (Å²) < 4.78 is 18.4. The molecular formula is C44H96Cl2NO4Si+. The van der Waals surface area contributed by atoms with Crippen LogP contribution in [0.4, 0.5) is 0 Å². The molecule has 0 aromatic carbocycles. The van der Waals surface area contributed by atoms with Crippen molar-refractivity contribution in [3.8, 4) is 0 Å². The van der Waals surface area contributed by atoms with Gasteiger partial charge in [0, 0.05) is 19.8 Å². The van der Waals surface area contributed by atoms with E-state index in [-0.39, 0.29) is 30.4 Å². The first-order valence-electron chi connectivity index (χ1n) is 22.3. The second-order valence-electron chi connectivity index (χ2n) is 15.4. The van der Waals surface area contributed by atoms with Crippen molar-refractivity contribution in [2.45, 2.75) is 228 Å². The number of hydroxylamine groups is 3. The van der Waals surface area contributed by atoms with Crippen molar-refractivity contribution in [3.05, 3.63) is 12.3 Å². The molecule has 1 rings (SSSR count). The number of hydrogen-bond donors (Lipinski definition) is 0. The Morgan fingerprint density at radius 2 is 0.904 bits per heavy atom. The fraction of sp³-hybridized carbons (Fsp3) is 0.955. The van der Waals surface area contributed by atoms with Crippen LogP contribution in [0.5, 0.6) is 0 Å². The third-order valence-corrected chi connectivity index (χ3v) is 12.8. The van der Waals surface area contributed by atoms with Gasteiger partial charge in [0.1, 0.15) is 26.9 Å². The van der Waals surface area contributed by atoms with Gasteiger partial charge in [0.25, 0.3) is 0 Å². The summed E-state index contributed by atoms with van der Waals surface area (Å²) in [5.74, 6) is 1.15. The van der Waals surface area contributed by atoms with E-state index in [0.717, 1.165) is 12.3 Å². The monoisotopic (exact) mass is 801 g/mol. The number of hydrogen-bond acceptors (Lipinski definition) is 4. The highest BCUT2D eigenvalue weighted by Gasteiger charge is 2.47. The molecule has 1 saturated carbocycles. The zero-order chi connectivity index (χ0) is 37.6. The van der Waals surface area contributed by atoms with Crippen LogP contribution in [-0.2, 0) is 18.1 Å². The Kier molecular flexibility index (Phi) is 50.0. The van der Waals surface area contributed by atoms with Crippen LogP contribution in [0.1, 0.15) is 222 Å². The van der Waals surface area contributed by atoms with Gasteiger partial charge in [-0.05, 0) is 45.6 Å². The van der Waals surface area contributed by atoms with Crippen LogP contribution in [0.25, 0.3) is 0 Å². The summed E-state index contributed by atoms with van der Waals surface area (Å²) in [4.78, 5) is 6.16. The highest BCUT2D eigenvalue weighted by molar-refractivity contribution is 6.62. The molecule has 0 aromatic rings. The highest BCUT2D eigenvalue weighted by Crippen LogP contribution is 2.34. The number of quaternary nitrogens is 1. The summed E-state index contributed by atoms with van der Waals surface area (Å²) in [6.45, 7) is 19.2. The van der Waals surface area contributed by atoms with Crippen LogP contribution in [0.2, 0.25) is 5.54 Å². The van der Waals surface area contributed by atoms with Gasteiger partial charge in [-0.15, -0.1) is 24.8 Å². The first-order chi connectivity index (χ1) is 24.2. The summed E-state index contributed by atoms with van der Waals surface area (Å²) in [6, 6.07) is 0. The average molecular weight is 802 g/mol. The molecule has 1 atom stereocenters. The first-order valence-corrected chi connectivity index (χ1v) is 24.1. The number of unbranched alkanes of at least 4 members (excludes halogenated alkanes) is 20. The van der Waals surface area contributed by atoms with Gasteiger partial charge in [-0.25, -0.2) is 0 Å². The smallest absolute Gasteiger partial charge is 0.374 e. The molecule has 1 aliphatic carbocycles. The molecule has 0 bridgehead atoms. The quantitative estimate of drug-likeness (QED) is 0.0281. The van der Waals surface area contributed by atoms with E-state index >= 15 is 0 Å². The van der Waals surface area contributed by atoms with Crippen molar-refractivity contribution in [2.24, 2.45) is 5.92 Å². The Morgan fingerprint density at radius 3 is 1.25 bits per heavy atom. The van der Waals surface area contributed by atoms with Crippen molar-refractivity contribution >= 4 is 33.6 Å². The summed E-state index contributed by atoms with van der Waals surface area (Å²) >= 11 is 0. The van der Waals surface area contributed by atoms with Gasteiger partial charge in [-0.1, -0.05) is 189 Å². The van der Waals surface area contributed by atoms with Gasteiger partial charge in [0.05, 0.1) is 5.54 Å². The lowest BCUT2D eigenvalue weighted by atomic mass is 10.0. The molecule has 5 nitrogen and oxygen atoms in total. The van der Waals surface area contributed by atoms with E-state index in [1.807, 2.05) is 20.8 Å². The molecule has 0 aromatic heterocycles. The largest absolute Gasteiger partial charge is 0.506 e. The molecule has 0 radical (unpaired) electrons. The third-order valence-electron chi connectivity index (χ3n) is 9.40. The van der Waals surface area contributed by atoms with E-state index < -0.39 is 8.80 Å². The molecule has 0 spiro atoms. The minimum Gasteiger partial charge on any atom is -0.374 e. The van der Waals surface area contributed by atoms with E-state index in [4.69, 9.17) is 18.1 Å². The highest BCUT2D eigenvalue weighted by atomic mass is 35.5. The minimum absolute atomic E-state index is 0. The molecule has 8 heteroatoms. The molecule has 0 aliphatic heterocycles. The Bertz CT molecular complexity index is 680. The Hall–Kier alpha value is 0.337. The molecular weight excluding hydrogens is 705 g/mol. The molecule has 1 unspecified atom stereocenters. The Labute approximate surface area is 341 Å². The van der Waals surface area contributed by atoms with Crippen molar-refractivity contribution in [3.63, 3.8) is 0 Å². The summed E-state index contributed by atoms with van der Waals surface area (Å²) in [7, 11) is 1.39. The number of nitrogens with zero attached hydrogens (tertiary/aromatic N) is 1. The Balaban J connectivity index is -0.000000429. The third kappa shape index (κ3) is 40.0.